The normalized spacial score (nSPS) is 21.4. The second-order valence-electron chi connectivity index (χ2n) is 12.4. The highest BCUT2D eigenvalue weighted by Gasteiger charge is 2.47. The Labute approximate surface area is 237 Å². The first kappa shape index (κ1) is 29.4. The molecule has 0 radical (unpaired) electrons. The van der Waals surface area contributed by atoms with E-state index in [9.17, 15) is 9.59 Å². The number of anilines is 2. The molecule has 1 aliphatic rings. The van der Waals surface area contributed by atoms with Crippen LogP contribution in [0.15, 0.2) is 47.9 Å². The summed E-state index contributed by atoms with van der Waals surface area (Å²) in [5, 5.41) is 3.28. The predicted octanol–water partition coefficient (Wildman–Crippen LogP) is 6.55. The SMILES string of the molecule is C=CC1CC1(C)CCC(C)C(C)CCC(C)(CC)C(=O)c1ccc(NCc2cnc3nc(N)[nH]c(=O)c3n2)cc1. The Morgan fingerprint density at radius 2 is 1.95 bits per heavy atom. The van der Waals surface area contributed by atoms with E-state index in [1.807, 2.05) is 24.3 Å². The van der Waals surface area contributed by atoms with Gasteiger partial charge in [-0.05, 0) is 86.0 Å². The third-order valence-corrected chi connectivity index (χ3v) is 9.43. The van der Waals surface area contributed by atoms with E-state index >= 15 is 0 Å². The molecule has 4 N–H and O–H groups in total. The van der Waals surface area contributed by atoms with Crippen LogP contribution in [-0.4, -0.2) is 25.7 Å². The molecule has 2 heterocycles. The standard InChI is InChI=1S/C32H44N6O2/c1-7-23-17-32(23,6)16-14-21(4)20(3)13-15-31(5,8-2)27(39)22-9-11-24(12-10-22)34-18-25-19-35-28-26(36-25)29(40)38-30(33)37-28/h7,9-12,19-21,23,34H,1,8,13-18H2,2-6H3,(H3,33,35,37,38,40). The van der Waals surface area contributed by atoms with Gasteiger partial charge >= 0.3 is 0 Å². The Morgan fingerprint density at radius 1 is 1.25 bits per heavy atom. The van der Waals surface area contributed by atoms with Gasteiger partial charge in [-0.2, -0.15) is 4.98 Å². The minimum atomic E-state index is -0.420. The summed E-state index contributed by atoms with van der Waals surface area (Å²) >= 11 is 0. The van der Waals surface area contributed by atoms with Gasteiger partial charge in [0, 0.05) is 16.7 Å². The lowest BCUT2D eigenvalue weighted by atomic mass is 9.73. The molecule has 8 nitrogen and oxygen atoms in total. The van der Waals surface area contributed by atoms with Gasteiger partial charge < -0.3 is 11.1 Å². The van der Waals surface area contributed by atoms with Crippen molar-refractivity contribution in [2.45, 2.75) is 79.7 Å². The highest BCUT2D eigenvalue weighted by atomic mass is 16.1. The summed E-state index contributed by atoms with van der Waals surface area (Å²) in [5.74, 6) is 2.12. The molecule has 8 heteroatoms. The second-order valence-corrected chi connectivity index (χ2v) is 12.4. The quantitative estimate of drug-likeness (QED) is 0.155. The maximum Gasteiger partial charge on any atom is 0.280 e. The lowest BCUT2D eigenvalue weighted by molar-refractivity contribution is 0.0778. The first-order valence-electron chi connectivity index (χ1n) is 14.5. The van der Waals surface area contributed by atoms with Crippen molar-refractivity contribution in [3.63, 3.8) is 0 Å². The molecule has 1 fully saturated rings. The van der Waals surface area contributed by atoms with E-state index in [-0.39, 0.29) is 28.3 Å². The van der Waals surface area contributed by atoms with Crippen LogP contribution in [0.1, 0.15) is 89.2 Å². The van der Waals surface area contributed by atoms with Gasteiger partial charge in [0.15, 0.2) is 16.9 Å². The number of aromatic amines is 1. The number of nitrogens with zero attached hydrogens (tertiary/aromatic N) is 3. The van der Waals surface area contributed by atoms with Crippen molar-refractivity contribution in [2.75, 3.05) is 11.1 Å². The molecule has 1 aromatic carbocycles. The zero-order valence-corrected chi connectivity index (χ0v) is 24.6. The fraction of sp³-hybridized carbons (Fsp3) is 0.531. The molecule has 0 spiro atoms. The van der Waals surface area contributed by atoms with E-state index in [4.69, 9.17) is 5.73 Å². The molecular weight excluding hydrogens is 500 g/mol. The van der Waals surface area contributed by atoms with E-state index in [1.54, 1.807) is 6.20 Å². The van der Waals surface area contributed by atoms with Crippen molar-refractivity contribution in [3.8, 4) is 0 Å². The summed E-state index contributed by atoms with van der Waals surface area (Å²) < 4.78 is 0. The topological polar surface area (TPSA) is 127 Å². The molecule has 5 atom stereocenters. The van der Waals surface area contributed by atoms with Gasteiger partial charge in [-0.15, -0.1) is 6.58 Å². The highest BCUT2D eigenvalue weighted by molar-refractivity contribution is 6.00. The number of carbonyl (C=O) groups is 1. The van der Waals surface area contributed by atoms with Gasteiger partial charge in [0.25, 0.3) is 5.56 Å². The number of fused-ring (bicyclic) bond motifs is 1. The first-order valence-corrected chi connectivity index (χ1v) is 14.5. The van der Waals surface area contributed by atoms with Gasteiger partial charge in [0.1, 0.15) is 0 Å². The van der Waals surface area contributed by atoms with Crippen LogP contribution in [0, 0.1) is 28.6 Å². The monoisotopic (exact) mass is 544 g/mol. The van der Waals surface area contributed by atoms with Crippen LogP contribution >= 0.6 is 0 Å². The van der Waals surface area contributed by atoms with Gasteiger partial charge in [-0.1, -0.05) is 40.7 Å². The molecule has 0 aliphatic heterocycles. The van der Waals surface area contributed by atoms with Gasteiger partial charge in [-0.3, -0.25) is 14.6 Å². The average Bonchev–Trinajstić information content (AvgIpc) is 3.63. The second kappa shape index (κ2) is 11.9. The average molecular weight is 545 g/mol. The number of allylic oxidation sites excluding steroid dienone is 1. The summed E-state index contributed by atoms with van der Waals surface area (Å²) in [6.45, 7) is 15.7. The minimum absolute atomic E-state index is 0.0103. The molecule has 40 heavy (non-hydrogen) atoms. The van der Waals surface area contributed by atoms with Crippen LogP contribution in [0.4, 0.5) is 11.6 Å². The molecule has 214 valence electrons. The Bertz CT molecular complexity index is 1420. The number of H-pyrrole nitrogens is 1. The molecule has 0 amide bonds. The van der Waals surface area contributed by atoms with Gasteiger partial charge in [0.2, 0.25) is 5.95 Å². The van der Waals surface area contributed by atoms with Crippen molar-refractivity contribution in [2.24, 2.45) is 28.6 Å². The van der Waals surface area contributed by atoms with Crippen LogP contribution in [0.3, 0.4) is 0 Å². The fourth-order valence-electron chi connectivity index (χ4n) is 5.56. The van der Waals surface area contributed by atoms with E-state index in [2.05, 4.69) is 72.5 Å². The lowest BCUT2D eigenvalue weighted by Gasteiger charge is -2.30. The summed E-state index contributed by atoms with van der Waals surface area (Å²) in [6, 6.07) is 7.60. The minimum Gasteiger partial charge on any atom is -0.379 e. The van der Waals surface area contributed by atoms with Gasteiger partial charge in [-0.25, -0.2) is 9.97 Å². The van der Waals surface area contributed by atoms with Crippen molar-refractivity contribution < 1.29 is 4.79 Å². The molecule has 4 rings (SSSR count). The third-order valence-electron chi connectivity index (χ3n) is 9.43. The number of rotatable bonds is 14. The third kappa shape index (κ3) is 6.60. The number of hydrogen-bond acceptors (Lipinski definition) is 7. The zero-order chi connectivity index (χ0) is 29.1. The largest absolute Gasteiger partial charge is 0.379 e. The van der Waals surface area contributed by atoms with Gasteiger partial charge in [0.05, 0.1) is 18.4 Å². The zero-order valence-electron chi connectivity index (χ0n) is 24.6. The number of ketones is 1. The van der Waals surface area contributed by atoms with Crippen LogP contribution in [0.5, 0.6) is 0 Å². The molecule has 2 aromatic heterocycles. The number of nitrogens with one attached hydrogen (secondary N) is 2. The molecule has 1 aliphatic carbocycles. The van der Waals surface area contributed by atoms with E-state index < -0.39 is 5.56 Å². The highest BCUT2D eigenvalue weighted by Crippen LogP contribution is 2.56. The maximum atomic E-state index is 13.6. The van der Waals surface area contributed by atoms with Crippen molar-refractivity contribution in [1.82, 2.24) is 19.9 Å². The van der Waals surface area contributed by atoms with E-state index in [0.717, 1.165) is 30.5 Å². The van der Waals surface area contributed by atoms with E-state index in [1.165, 1.54) is 19.3 Å². The lowest BCUT2D eigenvalue weighted by Crippen LogP contribution is -2.28. The first-order chi connectivity index (χ1) is 19.0. The Hall–Kier alpha value is -3.55. The number of nitrogen functional groups attached to an aromatic ring is 1. The number of benzene rings is 1. The Kier molecular flexibility index (Phi) is 8.76. The maximum absolute atomic E-state index is 13.6. The molecule has 1 saturated carbocycles. The van der Waals surface area contributed by atoms with Crippen LogP contribution in [0.2, 0.25) is 0 Å². The summed E-state index contributed by atoms with van der Waals surface area (Å²) in [5.41, 5.74) is 7.76. The van der Waals surface area contributed by atoms with Crippen molar-refractivity contribution >= 4 is 28.6 Å². The predicted molar refractivity (Wildman–Crippen MR) is 162 cm³/mol. The van der Waals surface area contributed by atoms with E-state index in [0.29, 0.717) is 35.4 Å². The number of hydrogen-bond donors (Lipinski definition) is 3. The summed E-state index contributed by atoms with van der Waals surface area (Å²) in [4.78, 5) is 40.7. The molecule has 3 aromatic rings. The number of aromatic nitrogens is 4. The number of nitrogens with two attached hydrogens (primary N) is 1. The molecule has 0 saturated heterocycles. The molecular formula is C32H44N6O2. The van der Waals surface area contributed by atoms with Crippen LogP contribution in [-0.2, 0) is 6.54 Å². The van der Waals surface area contributed by atoms with Crippen molar-refractivity contribution in [1.29, 1.82) is 0 Å². The summed E-state index contributed by atoms with van der Waals surface area (Å²) in [6.07, 6.45) is 10.2. The number of Topliss-reactive ketones (excluding diaryl/α,β-unsaturated/α-hetero) is 1. The Morgan fingerprint density at radius 3 is 2.60 bits per heavy atom. The molecule has 5 unspecified atom stereocenters. The Balaban J connectivity index is 1.31. The van der Waals surface area contributed by atoms with Crippen LogP contribution in [0.25, 0.3) is 11.2 Å². The van der Waals surface area contributed by atoms with Crippen molar-refractivity contribution in [3.05, 3.63) is 64.7 Å². The fourth-order valence-corrected chi connectivity index (χ4v) is 5.56. The smallest absolute Gasteiger partial charge is 0.280 e. The number of carbonyl (C=O) groups excluding carboxylic acids is 1. The van der Waals surface area contributed by atoms with Crippen LogP contribution < -0.4 is 16.6 Å². The molecule has 0 bridgehead atoms. The summed E-state index contributed by atoms with van der Waals surface area (Å²) in [7, 11) is 0.